The lowest BCUT2D eigenvalue weighted by Gasteiger charge is -2.35. The molecular formula is C18H27IN6O. The molecule has 26 heavy (non-hydrogen) atoms. The first-order valence-electron chi connectivity index (χ1n) is 8.88. The molecule has 0 bridgehead atoms. The highest BCUT2D eigenvalue weighted by atomic mass is 127. The van der Waals surface area contributed by atoms with Crippen molar-refractivity contribution >= 4 is 35.6 Å². The lowest BCUT2D eigenvalue weighted by molar-refractivity contribution is 0.387. The average molecular weight is 470 g/mol. The minimum Gasteiger partial charge on any atom is -0.369 e. The molecule has 1 aromatic heterocycles. The first kappa shape index (κ1) is 20.5. The Hall–Kier alpha value is -1.84. The topological polar surface area (TPSA) is 78.6 Å². The number of hydrogen-bond acceptors (Lipinski definition) is 5. The Morgan fingerprint density at radius 1 is 1.35 bits per heavy atom. The number of halogens is 1. The lowest BCUT2D eigenvalue weighted by Crippen LogP contribution is -2.51. The summed E-state index contributed by atoms with van der Waals surface area (Å²) >= 11 is 0. The van der Waals surface area contributed by atoms with Gasteiger partial charge in [0.2, 0.25) is 5.89 Å². The van der Waals surface area contributed by atoms with Gasteiger partial charge in [-0.25, -0.2) is 4.99 Å². The van der Waals surface area contributed by atoms with Gasteiger partial charge in [0.25, 0.3) is 0 Å². The van der Waals surface area contributed by atoms with Crippen LogP contribution < -0.4 is 15.5 Å². The Labute approximate surface area is 171 Å². The summed E-state index contributed by atoms with van der Waals surface area (Å²) in [5.41, 5.74) is 1.28. The molecule has 7 nitrogen and oxygen atoms in total. The molecule has 1 saturated heterocycles. The van der Waals surface area contributed by atoms with Gasteiger partial charge in [0.15, 0.2) is 11.8 Å². The summed E-state index contributed by atoms with van der Waals surface area (Å²) in [5.74, 6) is 1.96. The minimum atomic E-state index is 0. The van der Waals surface area contributed by atoms with Gasteiger partial charge in [0.05, 0.1) is 0 Å². The van der Waals surface area contributed by atoms with Crippen molar-refractivity contribution in [3.8, 4) is 0 Å². The number of benzene rings is 1. The van der Waals surface area contributed by atoms with Crippen LogP contribution in [0.1, 0.15) is 31.5 Å². The maximum Gasteiger partial charge on any atom is 0.223 e. The third-order valence-corrected chi connectivity index (χ3v) is 4.18. The van der Waals surface area contributed by atoms with Crippen LogP contribution in [0.15, 0.2) is 39.8 Å². The third-order valence-electron chi connectivity index (χ3n) is 4.18. The van der Waals surface area contributed by atoms with Gasteiger partial charge in [0.1, 0.15) is 6.54 Å². The van der Waals surface area contributed by atoms with E-state index in [1.165, 1.54) is 5.69 Å². The number of aryl methyl sites for hydroxylation is 1. The maximum absolute atomic E-state index is 4.99. The highest BCUT2D eigenvalue weighted by Crippen LogP contribution is 2.19. The number of nitrogens with zero attached hydrogens (tertiary/aromatic N) is 4. The van der Waals surface area contributed by atoms with Crippen LogP contribution in [-0.2, 0) is 6.54 Å². The summed E-state index contributed by atoms with van der Waals surface area (Å²) in [6.45, 7) is 7.12. The fourth-order valence-corrected chi connectivity index (χ4v) is 3.04. The van der Waals surface area contributed by atoms with E-state index in [4.69, 9.17) is 4.52 Å². The zero-order valence-corrected chi connectivity index (χ0v) is 17.6. The molecule has 0 amide bonds. The van der Waals surface area contributed by atoms with E-state index < -0.39 is 0 Å². The zero-order valence-electron chi connectivity index (χ0n) is 15.3. The molecule has 142 valence electrons. The van der Waals surface area contributed by atoms with Crippen molar-refractivity contribution in [1.29, 1.82) is 0 Å². The monoisotopic (exact) mass is 470 g/mol. The molecule has 2 heterocycles. The number of aromatic nitrogens is 2. The Balaban J connectivity index is 0.00000243. The van der Waals surface area contributed by atoms with Crippen LogP contribution >= 0.6 is 24.0 Å². The number of para-hydroxylation sites is 1. The fraction of sp³-hybridized carbons (Fsp3) is 0.500. The highest BCUT2D eigenvalue weighted by molar-refractivity contribution is 14.0. The molecule has 2 aromatic rings. The van der Waals surface area contributed by atoms with E-state index in [0.29, 0.717) is 24.3 Å². The van der Waals surface area contributed by atoms with E-state index in [1.54, 1.807) is 6.92 Å². The van der Waals surface area contributed by atoms with Crippen molar-refractivity contribution in [2.45, 2.75) is 39.3 Å². The normalized spacial score (nSPS) is 17.5. The Kier molecular flexibility index (Phi) is 8.14. The minimum absolute atomic E-state index is 0. The summed E-state index contributed by atoms with van der Waals surface area (Å²) in [7, 11) is 0. The fourth-order valence-electron chi connectivity index (χ4n) is 3.04. The molecule has 1 unspecified atom stereocenters. The summed E-state index contributed by atoms with van der Waals surface area (Å²) in [4.78, 5) is 11.2. The maximum atomic E-state index is 4.99. The van der Waals surface area contributed by atoms with Gasteiger partial charge >= 0.3 is 0 Å². The summed E-state index contributed by atoms with van der Waals surface area (Å²) in [6, 6.07) is 10.9. The van der Waals surface area contributed by atoms with E-state index in [2.05, 4.69) is 67.9 Å². The number of anilines is 1. The molecule has 0 saturated carbocycles. The van der Waals surface area contributed by atoms with Crippen molar-refractivity contribution in [3.05, 3.63) is 42.0 Å². The van der Waals surface area contributed by atoms with Gasteiger partial charge < -0.3 is 20.1 Å². The van der Waals surface area contributed by atoms with Gasteiger partial charge in [-0.2, -0.15) is 4.98 Å². The number of rotatable bonds is 5. The second-order valence-electron chi connectivity index (χ2n) is 6.19. The predicted molar refractivity (Wildman–Crippen MR) is 114 cm³/mol. The number of piperidine rings is 1. The van der Waals surface area contributed by atoms with Crippen LogP contribution in [-0.4, -0.2) is 41.8 Å². The van der Waals surface area contributed by atoms with Crippen molar-refractivity contribution in [3.63, 3.8) is 0 Å². The van der Waals surface area contributed by atoms with E-state index >= 15 is 0 Å². The van der Waals surface area contributed by atoms with Crippen LogP contribution in [0, 0.1) is 6.92 Å². The van der Waals surface area contributed by atoms with Crippen LogP contribution in [0.3, 0.4) is 0 Å². The molecule has 1 aromatic carbocycles. The number of guanidine groups is 1. The first-order valence-corrected chi connectivity index (χ1v) is 8.88. The van der Waals surface area contributed by atoms with E-state index in [-0.39, 0.29) is 24.0 Å². The van der Waals surface area contributed by atoms with Crippen molar-refractivity contribution in [2.24, 2.45) is 4.99 Å². The average Bonchev–Trinajstić information content (AvgIpc) is 3.06. The highest BCUT2D eigenvalue weighted by Gasteiger charge is 2.20. The molecule has 0 aliphatic carbocycles. The van der Waals surface area contributed by atoms with Gasteiger partial charge in [0, 0.05) is 38.3 Å². The molecule has 2 N–H and O–H groups in total. The summed E-state index contributed by atoms with van der Waals surface area (Å²) in [5, 5.41) is 10.7. The standard InChI is InChI=1S/C18H26N6O.HI/c1-3-19-18(20-12-17-21-14(2)25-23-17)22-15-8-7-11-24(13-15)16-9-5-4-6-10-16;/h4-6,9-10,15H,3,7-8,11-13H2,1-2H3,(H2,19,20,22);1H. The molecular weight excluding hydrogens is 443 g/mol. The molecule has 1 fully saturated rings. The van der Waals surface area contributed by atoms with Gasteiger partial charge in [-0.05, 0) is 31.9 Å². The molecule has 1 atom stereocenters. The Bertz CT molecular complexity index is 690. The number of aliphatic imine (C=N–C) groups is 1. The summed E-state index contributed by atoms with van der Waals surface area (Å²) in [6.07, 6.45) is 2.30. The van der Waals surface area contributed by atoms with E-state index in [9.17, 15) is 0 Å². The second-order valence-corrected chi connectivity index (χ2v) is 6.19. The van der Waals surface area contributed by atoms with Gasteiger partial charge in [-0.1, -0.05) is 23.4 Å². The predicted octanol–water partition coefficient (Wildman–Crippen LogP) is 2.72. The van der Waals surface area contributed by atoms with Crippen LogP contribution in [0.2, 0.25) is 0 Å². The van der Waals surface area contributed by atoms with Crippen LogP contribution in [0.25, 0.3) is 0 Å². The quantitative estimate of drug-likeness (QED) is 0.398. The van der Waals surface area contributed by atoms with E-state index in [1.807, 2.05) is 0 Å². The Morgan fingerprint density at radius 2 is 2.15 bits per heavy atom. The first-order chi connectivity index (χ1) is 12.2. The Morgan fingerprint density at radius 3 is 2.85 bits per heavy atom. The SMILES string of the molecule is CCNC(=NCc1noc(C)n1)NC1CCCN(c2ccccc2)C1.I. The molecule has 1 aliphatic heterocycles. The molecule has 8 heteroatoms. The van der Waals surface area contributed by atoms with Crippen LogP contribution in [0.4, 0.5) is 5.69 Å². The van der Waals surface area contributed by atoms with Crippen molar-refractivity contribution < 1.29 is 4.52 Å². The molecule has 3 rings (SSSR count). The smallest absolute Gasteiger partial charge is 0.223 e. The largest absolute Gasteiger partial charge is 0.369 e. The second kappa shape index (κ2) is 10.3. The lowest BCUT2D eigenvalue weighted by atomic mass is 10.1. The zero-order chi connectivity index (χ0) is 17.5. The van der Waals surface area contributed by atoms with E-state index in [0.717, 1.165) is 38.4 Å². The summed E-state index contributed by atoms with van der Waals surface area (Å²) < 4.78 is 4.99. The van der Waals surface area contributed by atoms with Crippen molar-refractivity contribution in [1.82, 2.24) is 20.8 Å². The number of nitrogens with one attached hydrogen (secondary N) is 2. The third kappa shape index (κ3) is 5.86. The molecule has 0 spiro atoms. The number of hydrogen-bond donors (Lipinski definition) is 2. The van der Waals surface area contributed by atoms with Crippen molar-refractivity contribution in [2.75, 3.05) is 24.5 Å². The molecule has 0 radical (unpaired) electrons. The van der Waals surface area contributed by atoms with Gasteiger partial charge in [-0.15, -0.1) is 24.0 Å². The molecule has 1 aliphatic rings. The van der Waals surface area contributed by atoms with Gasteiger partial charge in [-0.3, -0.25) is 0 Å². The van der Waals surface area contributed by atoms with Crippen LogP contribution in [0.5, 0.6) is 0 Å².